The monoisotopic (exact) mass is 573 g/mol. The molecule has 0 unspecified atom stereocenters. The van der Waals surface area contributed by atoms with E-state index in [2.05, 4.69) is 27.2 Å². The van der Waals surface area contributed by atoms with E-state index in [-0.39, 0.29) is 12.2 Å². The van der Waals surface area contributed by atoms with Crippen LogP contribution in [0.25, 0.3) is 0 Å². The van der Waals surface area contributed by atoms with Gasteiger partial charge in [-0.05, 0) is 31.9 Å². The van der Waals surface area contributed by atoms with Crippen LogP contribution < -0.4 is 0 Å². The van der Waals surface area contributed by atoms with Gasteiger partial charge in [-0.25, -0.2) is 14.6 Å². The number of carboxylic acid groups (broad SMARTS) is 2. The van der Waals surface area contributed by atoms with Crippen molar-refractivity contribution in [1.29, 1.82) is 0 Å². The van der Waals surface area contributed by atoms with Gasteiger partial charge >= 0.3 is 24.3 Å². The van der Waals surface area contributed by atoms with Crippen molar-refractivity contribution in [2.24, 2.45) is 0 Å². The molecule has 2 saturated heterocycles. The Morgan fingerprint density at radius 3 is 2.29 bits per heavy atom. The predicted molar refractivity (Wildman–Crippen MR) is 120 cm³/mol. The molecule has 38 heavy (non-hydrogen) atoms. The standard InChI is InChI=1S/C18H23N3O2S.2C2HF3O2/c1-13-12-24-17(20-13)10-21-9-16(18-15(21)6-4-8-22-18)23-11-14-5-2-3-7-19-14;2*3-2(4,5)1(6)7/h2-3,5,7,12,15-16,18H,4,6,8-11H2,1H3;2*(H,6,7)/t15-,16-,18+;;/m1../s1. The zero-order valence-corrected chi connectivity index (χ0v) is 20.7. The summed E-state index contributed by atoms with van der Waals surface area (Å²) < 4.78 is 75.7. The largest absolute Gasteiger partial charge is 0.490 e. The van der Waals surface area contributed by atoms with E-state index in [1.165, 1.54) is 11.4 Å². The van der Waals surface area contributed by atoms with Gasteiger partial charge in [0.2, 0.25) is 0 Å². The minimum atomic E-state index is -5.08. The lowest BCUT2D eigenvalue weighted by molar-refractivity contribution is -0.193. The first kappa shape index (κ1) is 31.4. The van der Waals surface area contributed by atoms with E-state index in [1.54, 1.807) is 11.3 Å². The molecule has 0 amide bonds. The van der Waals surface area contributed by atoms with Gasteiger partial charge in [0.15, 0.2) is 0 Å². The number of hydrogen-bond acceptors (Lipinski definition) is 8. The van der Waals surface area contributed by atoms with Crippen LogP contribution in [-0.4, -0.2) is 80.8 Å². The van der Waals surface area contributed by atoms with Crippen LogP contribution in [0.5, 0.6) is 0 Å². The molecule has 0 bridgehead atoms. The molecular formula is C22H25F6N3O6S. The maximum Gasteiger partial charge on any atom is 0.490 e. The van der Waals surface area contributed by atoms with Gasteiger partial charge in [0.1, 0.15) is 11.1 Å². The predicted octanol–water partition coefficient (Wildman–Crippen LogP) is 4.06. The van der Waals surface area contributed by atoms with Gasteiger partial charge in [-0.1, -0.05) is 6.07 Å². The number of likely N-dealkylation sites (tertiary alicyclic amines) is 1. The van der Waals surface area contributed by atoms with Gasteiger partial charge in [-0.3, -0.25) is 9.88 Å². The average Bonchev–Trinajstić information content (AvgIpc) is 3.41. The molecule has 2 N–H and O–H groups in total. The van der Waals surface area contributed by atoms with Crippen LogP contribution in [0, 0.1) is 6.92 Å². The lowest BCUT2D eigenvalue weighted by atomic mass is 10.0. The van der Waals surface area contributed by atoms with Gasteiger partial charge in [-0.15, -0.1) is 11.3 Å². The highest BCUT2D eigenvalue weighted by Gasteiger charge is 2.45. The minimum Gasteiger partial charge on any atom is -0.475 e. The molecule has 2 aromatic heterocycles. The molecule has 16 heteroatoms. The number of halogens is 6. The van der Waals surface area contributed by atoms with E-state index in [9.17, 15) is 26.3 Å². The molecule has 0 spiro atoms. The fourth-order valence-electron chi connectivity index (χ4n) is 3.66. The molecule has 0 saturated carbocycles. The summed E-state index contributed by atoms with van der Waals surface area (Å²) in [7, 11) is 0. The number of ether oxygens (including phenoxy) is 2. The number of nitrogens with zero attached hydrogens (tertiary/aromatic N) is 3. The number of carboxylic acids is 2. The zero-order valence-electron chi connectivity index (χ0n) is 19.9. The Kier molecular flexibility index (Phi) is 11.4. The van der Waals surface area contributed by atoms with Crippen LogP contribution >= 0.6 is 11.3 Å². The van der Waals surface area contributed by atoms with Crippen molar-refractivity contribution < 1.29 is 55.6 Å². The highest BCUT2D eigenvalue weighted by Crippen LogP contribution is 2.32. The first-order chi connectivity index (χ1) is 17.7. The van der Waals surface area contributed by atoms with E-state index >= 15 is 0 Å². The number of hydrogen-bond donors (Lipinski definition) is 2. The van der Waals surface area contributed by atoms with Gasteiger partial charge < -0.3 is 19.7 Å². The molecule has 2 aliphatic heterocycles. The summed E-state index contributed by atoms with van der Waals surface area (Å²) in [6.45, 7) is 5.24. The number of aryl methyl sites for hydroxylation is 1. The second-order valence-corrected chi connectivity index (χ2v) is 9.08. The van der Waals surface area contributed by atoms with Crippen molar-refractivity contribution in [2.75, 3.05) is 13.2 Å². The normalized spacial score (nSPS) is 21.4. The summed E-state index contributed by atoms with van der Waals surface area (Å²) in [6.07, 6.45) is -5.77. The third-order valence-electron chi connectivity index (χ3n) is 5.25. The Hall–Kier alpha value is -2.82. The number of carbonyl (C=O) groups is 2. The number of rotatable bonds is 5. The second kappa shape index (κ2) is 13.8. The van der Waals surface area contributed by atoms with E-state index in [0.717, 1.165) is 37.5 Å². The average molecular weight is 574 g/mol. The van der Waals surface area contributed by atoms with E-state index in [1.807, 2.05) is 24.4 Å². The summed E-state index contributed by atoms with van der Waals surface area (Å²) in [5.74, 6) is -5.51. The SMILES string of the molecule is Cc1csc(CN2C[C@@H](OCc3ccccn3)[C@H]3OCCC[C@H]32)n1.O=C(O)C(F)(F)F.O=C(O)C(F)(F)F. The van der Waals surface area contributed by atoms with Crippen LogP contribution in [0.15, 0.2) is 29.8 Å². The maximum absolute atomic E-state index is 10.6. The maximum atomic E-state index is 10.6. The second-order valence-electron chi connectivity index (χ2n) is 8.13. The fraction of sp³-hybridized carbons (Fsp3) is 0.545. The smallest absolute Gasteiger partial charge is 0.475 e. The molecule has 3 atom stereocenters. The van der Waals surface area contributed by atoms with Crippen molar-refractivity contribution in [1.82, 2.24) is 14.9 Å². The number of thiazole rings is 1. The lowest BCUT2D eigenvalue weighted by Crippen LogP contribution is -2.41. The van der Waals surface area contributed by atoms with Crippen molar-refractivity contribution in [3.8, 4) is 0 Å². The number of pyridine rings is 1. The molecule has 212 valence electrons. The Labute approximate surface area is 217 Å². The molecule has 2 aliphatic rings. The summed E-state index contributed by atoms with van der Waals surface area (Å²) in [5.41, 5.74) is 2.08. The zero-order chi connectivity index (χ0) is 28.5. The molecule has 2 aromatic rings. The summed E-state index contributed by atoms with van der Waals surface area (Å²) in [4.78, 5) is 29.2. The van der Waals surface area contributed by atoms with E-state index in [4.69, 9.17) is 29.3 Å². The molecule has 0 radical (unpaired) electrons. The van der Waals surface area contributed by atoms with Gasteiger partial charge in [0.05, 0.1) is 24.9 Å². The lowest BCUT2D eigenvalue weighted by Gasteiger charge is -2.32. The molecule has 0 aliphatic carbocycles. The van der Waals surface area contributed by atoms with Crippen LogP contribution in [-0.2, 0) is 32.2 Å². The van der Waals surface area contributed by atoms with Crippen molar-refractivity contribution >= 4 is 23.3 Å². The Bertz CT molecular complexity index is 1010. The first-order valence-corrected chi connectivity index (χ1v) is 11.9. The molecule has 4 rings (SSSR count). The number of aliphatic carboxylic acids is 2. The van der Waals surface area contributed by atoms with E-state index < -0.39 is 24.3 Å². The number of alkyl halides is 6. The number of fused-ring (bicyclic) bond motifs is 1. The fourth-order valence-corrected chi connectivity index (χ4v) is 4.45. The first-order valence-electron chi connectivity index (χ1n) is 11.1. The summed E-state index contributed by atoms with van der Waals surface area (Å²) in [6, 6.07) is 6.37. The molecule has 2 fully saturated rings. The number of aromatic nitrogens is 2. The van der Waals surface area contributed by atoms with Crippen LogP contribution in [0.2, 0.25) is 0 Å². The van der Waals surface area contributed by atoms with Gasteiger partial charge in [0.25, 0.3) is 0 Å². The third-order valence-corrected chi connectivity index (χ3v) is 6.20. The molecule has 9 nitrogen and oxygen atoms in total. The topological polar surface area (TPSA) is 122 Å². The van der Waals surface area contributed by atoms with E-state index in [0.29, 0.717) is 12.6 Å². The van der Waals surface area contributed by atoms with Crippen LogP contribution in [0.4, 0.5) is 26.3 Å². The molecular weight excluding hydrogens is 548 g/mol. The Balaban J connectivity index is 0.000000301. The minimum absolute atomic E-state index is 0.110. The van der Waals surface area contributed by atoms with Gasteiger partial charge in [0, 0.05) is 36.5 Å². The van der Waals surface area contributed by atoms with Crippen molar-refractivity contribution in [3.05, 3.63) is 46.2 Å². The van der Waals surface area contributed by atoms with Gasteiger partial charge in [-0.2, -0.15) is 26.3 Å². The molecule has 4 heterocycles. The van der Waals surface area contributed by atoms with Crippen LogP contribution in [0.3, 0.4) is 0 Å². The Morgan fingerprint density at radius 2 is 1.79 bits per heavy atom. The van der Waals surface area contributed by atoms with Crippen molar-refractivity contribution in [2.45, 2.75) is 63.5 Å². The Morgan fingerprint density at radius 1 is 1.16 bits per heavy atom. The summed E-state index contributed by atoms with van der Waals surface area (Å²) >= 11 is 1.74. The molecule has 0 aromatic carbocycles. The third kappa shape index (κ3) is 10.2. The quantitative estimate of drug-likeness (QED) is 0.510. The van der Waals surface area contributed by atoms with Crippen LogP contribution in [0.1, 0.15) is 29.2 Å². The van der Waals surface area contributed by atoms with Crippen molar-refractivity contribution in [3.63, 3.8) is 0 Å². The summed E-state index contributed by atoms with van der Waals surface area (Å²) in [5, 5.41) is 17.6. The highest BCUT2D eigenvalue weighted by atomic mass is 32.1. The highest BCUT2D eigenvalue weighted by molar-refractivity contribution is 7.09.